The molecular formula is C21H22N4O4S3. The molecule has 0 bridgehead atoms. The highest BCUT2D eigenvalue weighted by molar-refractivity contribution is 8.01. The molecule has 2 aromatic heterocycles. The second-order valence-corrected chi connectivity index (χ2v) is 11.0. The minimum absolute atomic E-state index is 0.245. The molecule has 2 aromatic carbocycles. The second kappa shape index (κ2) is 9.90. The number of rotatable bonds is 10. The largest absolute Gasteiger partial charge is 0.490 e. The maximum absolute atomic E-state index is 13.1. The Hall–Kier alpha value is -2.60. The van der Waals surface area contributed by atoms with E-state index in [0.717, 1.165) is 21.0 Å². The van der Waals surface area contributed by atoms with Crippen molar-refractivity contribution >= 4 is 49.2 Å². The summed E-state index contributed by atoms with van der Waals surface area (Å²) in [5, 5.41) is 8.89. The standard InChI is InChI=1S/C21H22N4O4S3/c1-15-5-7-16(8-6-15)32(26,27)25-10-9-17-18(25)3-2-4-19(17)29-12-11-28-13-14-30-21-24-23-20(22)31-21/h2-10H,11-14H2,1H3,(H2,22,23). The van der Waals surface area contributed by atoms with Crippen LogP contribution in [0.5, 0.6) is 5.75 Å². The molecule has 4 rings (SSSR count). The average Bonchev–Trinajstić information content (AvgIpc) is 3.40. The van der Waals surface area contributed by atoms with E-state index in [1.165, 1.54) is 15.3 Å². The number of fused-ring (bicyclic) bond motifs is 1. The van der Waals surface area contributed by atoms with Gasteiger partial charge in [0.1, 0.15) is 12.4 Å². The number of aromatic nitrogens is 3. The van der Waals surface area contributed by atoms with E-state index >= 15 is 0 Å². The zero-order valence-electron chi connectivity index (χ0n) is 17.3. The lowest BCUT2D eigenvalue weighted by atomic mass is 10.2. The molecule has 8 nitrogen and oxygen atoms in total. The van der Waals surface area contributed by atoms with E-state index in [2.05, 4.69) is 10.2 Å². The number of aryl methyl sites for hydroxylation is 1. The van der Waals surface area contributed by atoms with Gasteiger partial charge in [0, 0.05) is 17.3 Å². The van der Waals surface area contributed by atoms with Crippen LogP contribution in [-0.4, -0.2) is 48.2 Å². The van der Waals surface area contributed by atoms with Crippen LogP contribution in [0.3, 0.4) is 0 Å². The van der Waals surface area contributed by atoms with Crippen LogP contribution in [0.1, 0.15) is 5.56 Å². The van der Waals surface area contributed by atoms with Gasteiger partial charge in [0.05, 0.1) is 23.6 Å². The molecule has 4 aromatic rings. The van der Waals surface area contributed by atoms with Crippen molar-refractivity contribution in [2.45, 2.75) is 16.2 Å². The fraction of sp³-hybridized carbons (Fsp3) is 0.238. The third-order valence-electron chi connectivity index (χ3n) is 4.60. The SMILES string of the molecule is Cc1ccc(S(=O)(=O)n2ccc3c(OCCOCCSc4nnc(N)s4)cccc32)cc1. The summed E-state index contributed by atoms with van der Waals surface area (Å²) in [5.74, 6) is 1.35. The van der Waals surface area contributed by atoms with Crippen LogP contribution in [-0.2, 0) is 14.8 Å². The average molecular weight is 491 g/mol. The van der Waals surface area contributed by atoms with Crippen molar-refractivity contribution < 1.29 is 17.9 Å². The van der Waals surface area contributed by atoms with Crippen molar-refractivity contribution in [3.05, 3.63) is 60.3 Å². The van der Waals surface area contributed by atoms with Crippen molar-refractivity contribution in [1.29, 1.82) is 0 Å². The predicted molar refractivity (Wildman–Crippen MR) is 127 cm³/mol. The molecular weight excluding hydrogens is 468 g/mol. The van der Waals surface area contributed by atoms with Gasteiger partial charge in [-0.15, -0.1) is 10.2 Å². The van der Waals surface area contributed by atoms with E-state index in [4.69, 9.17) is 15.2 Å². The number of ether oxygens (including phenoxy) is 2. The Morgan fingerprint density at radius 1 is 1.06 bits per heavy atom. The first-order chi connectivity index (χ1) is 15.4. The predicted octanol–water partition coefficient (Wildman–Crippen LogP) is 3.81. The summed E-state index contributed by atoms with van der Waals surface area (Å²) < 4.78 is 39.7. The summed E-state index contributed by atoms with van der Waals surface area (Å²) in [7, 11) is -3.70. The van der Waals surface area contributed by atoms with Crippen LogP contribution >= 0.6 is 23.1 Å². The van der Waals surface area contributed by atoms with Crippen molar-refractivity contribution in [1.82, 2.24) is 14.2 Å². The number of nitrogens with zero attached hydrogens (tertiary/aromatic N) is 3. The molecule has 0 aliphatic rings. The summed E-state index contributed by atoms with van der Waals surface area (Å²) in [6.45, 7) is 3.23. The minimum Gasteiger partial charge on any atom is -0.490 e. The smallest absolute Gasteiger partial charge is 0.268 e. The van der Waals surface area contributed by atoms with Gasteiger partial charge in [-0.05, 0) is 37.3 Å². The van der Waals surface area contributed by atoms with Gasteiger partial charge in [0.2, 0.25) is 5.13 Å². The highest BCUT2D eigenvalue weighted by atomic mass is 32.2. The fourth-order valence-electron chi connectivity index (χ4n) is 3.05. The number of thioether (sulfide) groups is 1. The van der Waals surface area contributed by atoms with Gasteiger partial charge in [-0.3, -0.25) is 0 Å². The number of hydrogen-bond acceptors (Lipinski definition) is 9. The van der Waals surface area contributed by atoms with Crippen molar-refractivity contribution in [2.24, 2.45) is 0 Å². The number of nitrogens with two attached hydrogens (primary N) is 1. The van der Waals surface area contributed by atoms with Crippen LogP contribution in [0.2, 0.25) is 0 Å². The second-order valence-electron chi connectivity index (χ2n) is 6.83. The number of benzene rings is 2. The molecule has 0 saturated heterocycles. The first-order valence-corrected chi connectivity index (χ1v) is 13.0. The normalized spacial score (nSPS) is 11.8. The quantitative estimate of drug-likeness (QED) is 0.264. The topological polar surface area (TPSA) is 109 Å². The van der Waals surface area contributed by atoms with Gasteiger partial charge in [0.25, 0.3) is 10.0 Å². The van der Waals surface area contributed by atoms with Gasteiger partial charge in [-0.25, -0.2) is 12.4 Å². The molecule has 11 heteroatoms. The van der Waals surface area contributed by atoms with Crippen LogP contribution in [0.15, 0.2) is 64.0 Å². The summed E-state index contributed by atoms with van der Waals surface area (Å²) in [5.41, 5.74) is 7.12. The number of hydrogen-bond donors (Lipinski definition) is 1. The van der Waals surface area contributed by atoms with Gasteiger partial charge in [-0.2, -0.15) is 0 Å². The molecule has 0 saturated carbocycles. The molecule has 0 aliphatic heterocycles. The molecule has 0 fully saturated rings. The Balaban J connectivity index is 1.35. The maximum Gasteiger partial charge on any atom is 0.268 e. The van der Waals surface area contributed by atoms with Crippen LogP contribution in [0, 0.1) is 6.92 Å². The van der Waals surface area contributed by atoms with E-state index in [9.17, 15) is 8.42 Å². The van der Waals surface area contributed by atoms with Gasteiger partial charge in [-0.1, -0.05) is 46.9 Å². The number of anilines is 1. The Morgan fingerprint density at radius 3 is 2.62 bits per heavy atom. The molecule has 0 unspecified atom stereocenters. The first kappa shape index (κ1) is 22.6. The van der Waals surface area contributed by atoms with E-state index in [0.29, 0.717) is 36.2 Å². The van der Waals surface area contributed by atoms with Crippen molar-refractivity contribution in [3.63, 3.8) is 0 Å². The third-order valence-corrected chi connectivity index (χ3v) is 8.15. The lowest BCUT2D eigenvalue weighted by Crippen LogP contribution is -2.12. The highest BCUT2D eigenvalue weighted by Crippen LogP contribution is 2.29. The van der Waals surface area contributed by atoms with E-state index in [1.54, 1.807) is 60.4 Å². The Morgan fingerprint density at radius 2 is 1.88 bits per heavy atom. The van der Waals surface area contributed by atoms with Crippen LogP contribution in [0.25, 0.3) is 10.9 Å². The van der Waals surface area contributed by atoms with E-state index in [1.807, 2.05) is 13.0 Å². The maximum atomic E-state index is 13.1. The van der Waals surface area contributed by atoms with Gasteiger partial charge in [0.15, 0.2) is 4.34 Å². The molecule has 0 amide bonds. The van der Waals surface area contributed by atoms with Crippen molar-refractivity contribution in [2.75, 3.05) is 31.3 Å². The Kier molecular flexibility index (Phi) is 6.99. The summed E-state index contributed by atoms with van der Waals surface area (Å²) in [4.78, 5) is 0.245. The minimum atomic E-state index is -3.70. The molecule has 0 aliphatic carbocycles. The van der Waals surface area contributed by atoms with E-state index in [-0.39, 0.29) is 4.90 Å². The van der Waals surface area contributed by atoms with Gasteiger partial charge < -0.3 is 15.2 Å². The molecule has 168 valence electrons. The number of nitrogen functional groups attached to an aromatic ring is 1. The Bertz CT molecular complexity index is 1300. The molecule has 2 N–H and O–H groups in total. The van der Waals surface area contributed by atoms with Crippen LogP contribution < -0.4 is 10.5 Å². The van der Waals surface area contributed by atoms with Crippen molar-refractivity contribution in [3.8, 4) is 5.75 Å². The van der Waals surface area contributed by atoms with Gasteiger partial charge >= 0.3 is 0 Å². The zero-order valence-corrected chi connectivity index (χ0v) is 19.8. The van der Waals surface area contributed by atoms with E-state index < -0.39 is 10.0 Å². The molecule has 0 radical (unpaired) electrons. The molecule has 2 heterocycles. The summed E-state index contributed by atoms with van der Waals surface area (Å²) in [6.07, 6.45) is 1.56. The third kappa shape index (κ3) is 5.07. The summed E-state index contributed by atoms with van der Waals surface area (Å²) in [6, 6.07) is 13.9. The summed E-state index contributed by atoms with van der Waals surface area (Å²) >= 11 is 2.89. The molecule has 32 heavy (non-hydrogen) atoms. The monoisotopic (exact) mass is 490 g/mol. The fourth-order valence-corrected chi connectivity index (χ4v) is 5.96. The lowest BCUT2D eigenvalue weighted by Gasteiger charge is -2.10. The van der Waals surface area contributed by atoms with Crippen LogP contribution in [0.4, 0.5) is 5.13 Å². The lowest BCUT2D eigenvalue weighted by molar-refractivity contribution is 0.112. The molecule has 0 atom stereocenters. The molecule has 0 spiro atoms. The highest BCUT2D eigenvalue weighted by Gasteiger charge is 2.19. The Labute approximate surface area is 194 Å². The first-order valence-electron chi connectivity index (χ1n) is 9.80. The zero-order chi connectivity index (χ0) is 22.6.